The summed E-state index contributed by atoms with van der Waals surface area (Å²) in [5.41, 5.74) is 2.06. The number of hydrogen-bond donors (Lipinski definition) is 1. The summed E-state index contributed by atoms with van der Waals surface area (Å²) in [5.74, 6) is -0.948. The first-order valence-corrected chi connectivity index (χ1v) is 8.86. The summed E-state index contributed by atoms with van der Waals surface area (Å²) in [4.78, 5) is 38.0. The number of carbonyl (C=O) groups is 3. The first-order chi connectivity index (χ1) is 12.0. The van der Waals surface area contributed by atoms with E-state index in [2.05, 4.69) is 5.32 Å². The molecular weight excluding hydrogens is 340 g/mol. The van der Waals surface area contributed by atoms with Gasteiger partial charge in [-0.25, -0.2) is 0 Å². The minimum atomic E-state index is -0.447. The Balaban J connectivity index is 1.70. The molecule has 0 bridgehead atoms. The van der Waals surface area contributed by atoms with Gasteiger partial charge in [0.1, 0.15) is 0 Å². The van der Waals surface area contributed by atoms with Crippen molar-refractivity contribution in [2.75, 3.05) is 16.8 Å². The Morgan fingerprint density at radius 2 is 2.12 bits per heavy atom. The molecule has 2 aromatic rings. The third-order valence-corrected chi connectivity index (χ3v) is 4.65. The monoisotopic (exact) mass is 358 g/mol. The molecule has 0 spiro atoms. The number of amides is 2. The number of carbonyl (C=O) groups excluding carboxylic acids is 3. The van der Waals surface area contributed by atoms with E-state index in [-0.39, 0.29) is 37.3 Å². The van der Waals surface area contributed by atoms with Crippen LogP contribution in [-0.2, 0) is 25.5 Å². The van der Waals surface area contributed by atoms with Crippen LogP contribution in [0.2, 0.25) is 0 Å². The summed E-state index contributed by atoms with van der Waals surface area (Å²) in [6.45, 7) is 1.45. The summed E-state index contributed by atoms with van der Waals surface area (Å²) in [7, 11) is 0. The van der Waals surface area contributed by atoms with Crippen LogP contribution in [0.4, 0.5) is 11.4 Å². The van der Waals surface area contributed by atoms with Crippen LogP contribution in [0.15, 0.2) is 41.1 Å². The van der Waals surface area contributed by atoms with Gasteiger partial charge >= 0.3 is 5.97 Å². The van der Waals surface area contributed by atoms with E-state index in [1.54, 1.807) is 31.2 Å². The molecule has 1 N–H and O–H groups in total. The standard InChI is InChI=1S/C18H18N2O4S/c1-12-8-16(21)19-14-4-2-3-5-15(14)20(12)17(22)10-24-18(23)9-13-6-7-25-11-13/h2-7,11-12H,8-10H2,1H3,(H,19,21)/t12-/m1/s1. The van der Waals surface area contributed by atoms with Gasteiger partial charge in [0.2, 0.25) is 5.91 Å². The number of nitrogens with zero attached hydrogens (tertiary/aromatic N) is 1. The van der Waals surface area contributed by atoms with E-state index in [9.17, 15) is 14.4 Å². The molecule has 6 nitrogen and oxygen atoms in total. The third kappa shape index (κ3) is 4.06. The Hall–Kier alpha value is -2.67. The average Bonchev–Trinajstić information content (AvgIpc) is 3.03. The molecule has 0 unspecified atom stereocenters. The zero-order valence-electron chi connectivity index (χ0n) is 13.7. The maximum atomic E-state index is 12.6. The number of thiophene rings is 1. The molecule has 0 saturated carbocycles. The maximum absolute atomic E-state index is 12.6. The van der Waals surface area contributed by atoms with Gasteiger partial charge in [-0.15, -0.1) is 0 Å². The smallest absolute Gasteiger partial charge is 0.310 e. The van der Waals surface area contributed by atoms with Gasteiger partial charge in [-0.1, -0.05) is 12.1 Å². The lowest BCUT2D eigenvalue weighted by atomic mass is 10.1. The number of fused-ring (bicyclic) bond motifs is 1. The van der Waals surface area contributed by atoms with Crippen molar-refractivity contribution >= 4 is 40.5 Å². The number of rotatable bonds is 4. The van der Waals surface area contributed by atoms with Crippen LogP contribution in [0, 0.1) is 0 Å². The molecule has 1 atom stereocenters. The van der Waals surface area contributed by atoms with E-state index < -0.39 is 5.97 Å². The molecule has 25 heavy (non-hydrogen) atoms. The fraction of sp³-hybridized carbons (Fsp3) is 0.278. The molecule has 0 radical (unpaired) electrons. The number of hydrogen-bond acceptors (Lipinski definition) is 5. The molecule has 130 valence electrons. The summed E-state index contributed by atoms with van der Waals surface area (Å²) in [5, 5.41) is 6.54. The highest BCUT2D eigenvalue weighted by Crippen LogP contribution is 2.31. The van der Waals surface area contributed by atoms with Gasteiger partial charge in [0.25, 0.3) is 5.91 Å². The Morgan fingerprint density at radius 1 is 1.32 bits per heavy atom. The number of esters is 1. The van der Waals surface area contributed by atoms with Crippen molar-refractivity contribution in [1.82, 2.24) is 0 Å². The third-order valence-electron chi connectivity index (χ3n) is 3.91. The first-order valence-electron chi connectivity index (χ1n) is 7.92. The van der Waals surface area contributed by atoms with E-state index in [0.717, 1.165) is 5.56 Å². The van der Waals surface area contributed by atoms with E-state index >= 15 is 0 Å². The molecule has 1 aromatic heterocycles. The minimum absolute atomic E-state index is 0.142. The number of anilines is 2. The van der Waals surface area contributed by atoms with Crippen LogP contribution in [-0.4, -0.2) is 30.4 Å². The molecule has 0 aliphatic carbocycles. The van der Waals surface area contributed by atoms with Gasteiger partial charge < -0.3 is 15.0 Å². The Kier molecular flexibility index (Phi) is 5.14. The van der Waals surface area contributed by atoms with Crippen molar-refractivity contribution in [3.63, 3.8) is 0 Å². The van der Waals surface area contributed by atoms with E-state index in [4.69, 9.17) is 4.74 Å². The first kappa shape index (κ1) is 17.2. The molecule has 1 aliphatic rings. The molecule has 3 rings (SSSR count). The van der Waals surface area contributed by atoms with Crippen molar-refractivity contribution in [3.8, 4) is 0 Å². The fourth-order valence-corrected chi connectivity index (χ4v) is 3.46. The second kappa shape index (κ2) is 7.48. The second-order valence-corrected chi connectivity index (χ2v) is 6.63. The molecular formula is C18H18N2O4S. The Bertz CT molecular complexity index is 788. The molecule has 0 fully saturated rings. The topological polar surface area (TPSA) is 75.7 Å². The Morgan fingerprint density at radius 3 is 2.88 bits per heavy atom. The van der Waals surface area contributed by atoms with Gasteiger partial charge in [0.05, 0.1) is 17.8 Å². The van der Waals surface area contributed by atoms with Crippen molar-refractivity contribution in [2.24, 2.45) is 0 Å². The van der Waals surface area contributed by atoms with Crippen molar-refractivity contribution in [3.05, 3.63) is 46.7 Å². The SMILES string of the molecule is C[C@@H]1CC(=O)Nc2ccccc2N1C(=O)COC(=O)Cc1ccsc1. The predicted molar refractivity (Wildman–Crippen MR) is 95.6 cm³/mol. The van der Waals surface area contributed by atoms with Gasteiger partial charge in [0.15, 0.2) is 6.61 Å². The summed E-state index contributed by atoms with van der Waals surface area (Å²) in [6, 6.07) is 8.62. The van der Waals surface area contributed by atoms with Gasteiger partial charge in [-0.2, -0.15) is 11.3 Å². The zero-order valence-corrected chi connectivity index (χ0v) is 14.5. The quantitative estimate of drug-likeness (QED) is 0.853. The largest absolute Gasteiger partial charge is 0.455 e. The van der Waals surface area contributed by atoms with Crippen molar-refractivity contribution in [2.45, 2.75) is 25.8 Å². The number of nitrogens with one attached hydrogen (secondary N) is 1. The number of ether oxygens (including phenoxy) is 1. The van der Waals surface area contributed by atoms with Crippen LogP contribution in [0.25, 0.3) is 0 Å². The molecule has 0 saturated heterocycles. The van der Waals surface area contributed by atoms with Gasteiger partial charge in [0, 0.05) is 12.5 Å². The lowest BCUT2D eigenvalue weighted by Crippen LogP contribution is -2.41. The highest BCUT2D eigenvalue weighted by molar-refractivity contribution is 7.08. The Labute approximate surface area is 149 Å². The van der Waals surface area contributed by atoms with Crippen LogP contribution in [0.1, 0.15) is 18.9 Å². The molecule has 1 aromatic carbocycles. The van der Waals surface area contributed by atoms with Crippen LogP contribution in [0.5, 0.6) is 0 Å². The van der Waals surface area contributed by atoms with E-state index in [1.807, 2.05) is 16.8 Å². The summed E-state index contributed by atoms with van der Waals surface area (Å²) >= 11 is 1.50. The zero-order chi connectivity index (χ0) is 17.8. The second-order valence-electron chi connectivity index (χ2n) is 5.85. The van der Waals surface area contributed by atoms with Crippen molar-refractivity contribution < 1.29 is 19.1 Å². The lowest BCUT2D eigenvalue weighted by Gasteiger charge is -2.27. The average molecular weight is 358 g/mol. The van der Waals surface area contributed by atoms with Crippen LogP contribution < -0.4 is 10.2 Å². The molecule has 2 heterocycles. The van der Waals surface area contributed by atoms with E-state index in [1.165, 1.54) is 16.2 Å². The lowest BCUT2D eigenvalue weighted by molar-refractivity contribution is -0.147. The van der Waals surface area contributed by atoms with Gasteiger partial charge in [-0.3, -0.25) is 14.4 Å². The fourth-order valence-electron chi connectivity index (χ4n) is 2.79. The number of para-hydroxylation sites is 2. The minimum Gasteiger partial charge on any atom is -0.455 e. The highest BCUT2D eigenvalue weighted by atomic mass is 32.1. The van der Waals surface area contributed by atoms with E-state index in [0.29, 0.717) is 11.4 Å². The molecule has 7 heteroatoms. The summed E-state index contributed by atoms with van der Waals surface area (Å²) < 4.78 is 5.13. The predicted octanol–water partition coefficient (Wildman–Crippen LogP) is 2.60. The molecule has 1 aliphatic heterocycles. The van der Waals surface area contributed by atoms with Gasteiger partial charge in [-0.05, 0) is 41.4 Å². The van der Waals surface area contributed by atoms with Crippen molar-refractivity contribution in [1.29, 1.82) is 0 Å². The molecule has 2 amide bonds. The number of benzene rings is 1. The normalized spacial score (nSPS) is 16.6. The van der Waals surface area contributed by atoms with Crippen LogP contribution >= 0.6 is 11.3 Å². The van der Waals surface area contributed by atoms with Crippen LogP contribution in [0.3, 0.4) is 0 Å². The maximum Gasteiger partial charge on any atom is 0.310 e. The highest BCUT2D eigenvalue weighted by Gasteiger charge is 2.30. The summed E-state index contributed by atoms with van der Waals surface area (Å²) in [6.07, 6.45) is 0.326.